The van der Waals surface area contributed by atoms with Crippen LogP contribution in [0.25, 0.3) is 23.0 Å². The van der Waals surface area contributed by atoms with Gasteiger partial charge in [-0.3, -0.25) is 4.79 Å². The van der Waals surface area contributed by atoms with E-state index in [4.69, 9.17) is 22.1 Å². The molecule has 0 radical (unpaired) electrons. The van der Waals surface area contributed by atoms with Crippen LogP contribution in [-0.4, -0.2) is 22.3 Å². The van der Waals surface area contributed by atoms with Gasteiger partial charge in [-0.05, 0) is 61.5 Å². The molecule has 0 saturated heterocycles. The van der Waals surface area contributed by atoms with Crippen molar-refractivity contribution in [3.63, 3.8) is 0 Å². The van der Waals surface area contributed by atoms with Gasteiger partial charge in [-0.25, -0.2) is 4.68 Å². The monoisotopic (exact) mass is 392 g/mol. The average Bonchev–Trinajstić information content (AvgIpc) is 3.11. The van der Waals surface area contributed by atoms with Crippen molar-refractivity contribution in [3.05, 3.63) is 70.9 Å². The number of aromatic nitrogens is 2. The van der Waals surface area contributed by atoms with Gasteiger partial charge in [0.15, 0.2) is 0 Å². The Balaban J connectivity index is 2.11. The number of nitriles is 1. The lowest BCUT2D eigenvalue weighted by atomic mass is 10.1. The van der Waals surface area contributed by atoms with Crippen LogP contribution in [-0.2, 0) is 4.79 Å². The number of halogens is 1. The van der Waals surface area contributed by atoms with E-state index in [0.717, 1.165) is 17.0 Å². The van der Waals surface area contributed by atoms with Crippen LogP contribution in [0.4, 0.5) is 0 Å². The SMILES string of the molecule is CCOc1ccc(-c2nn(-c3ccc(Cl)cc3)cc2/C=C(/C#N)C(N)=O)cc1. The van der Waals surface area contributed by atoms with E-state index >= 15 is 0 Å². The molecule has 3 aromatic rings. The molecule has 140 valence electrons. The molecular weight excluding hydrogens is 376 g/mol. The first-order valence-corrected chi connectivity index (χ1v) is 8.90. The van der Waals surface area contributed by atoms with Crippen molar-refractivity contribution in [1.82, 2.24) is 9.78 Å². The van der Waals surface area contributed by atoms with Crippen LogP contribution in [0.5, 0.6) is 5.75 Å². The molecule has 0 aliphatic carbocycles. The second-order valence-corrected chi connectivity index (χ2v) is 6.28. The number of hydrogen-bond donors (Lipinski definition) is 1. The second kappa shape index (κ2) is 8.42. The first-order valence-electron chi connectivity index (χ1n) is 8.52. The highest BCUT2D eigenvalue weighted by atomic mass is 35.5. The van der Waals surface area contributed by atoms with Gasteiger partial charge in [0.25, 0.3) is 5.91 Å². The lowest BCUT2D eigenvalue weighted by Gasteiger charge is -2.04. The average molecular weight is 393 g/mol. The maximum absolute atomic E-state index is 11.5. The van der Waals surface area contributed by atoms with Crippen molar-refractivity contribution in [2.45, 2.75) is 6.92 Å². The highest BCUT2D eigenvalue weighted by Crippen LogP contribution is 2.27. The molecule has 0 spiro atoms. The molecule has 0 saturated carbocycles. The number of ether oxygens (including phenoxy) is 1. The molecule has 0 atom stereocenters. The van der Waals surface area contributed by atoms with Crippen LogP contribution < -0.4 is 10.5 Å². The van der Waals surface area contributed by atoms with E-state index in [2.05, 4.69) is 5.10 Å². The zero-order valence-corrected chi connectivity index (χ0v) is 15.8. The van der Waals surface area contributed by atoms with Gasteiger partial charge < -0.3 is 10.5 Å². The summed E-state index contributed by atoms with van der Waals surface area (Å²) in [5.74, 6) is -0.0466. The van der Waals surface area contributed by atoms with E-state index in [1.54, 1.807) is 23.0 Å². The van der Waals surface area contributed by atoms with E-state index in [9.17, 15) is 10.1 Å². The summed E-state index contributed by atoms with van der Waals surface area (Å²) in [5, 5.41) is 14.4. The van der Waals surface area contributed by atoms with E-state index < -0.39 is 5.91 Å². The first kappa shape index (κ1) is 19.2. The third kappa shape index (κ3) is 4.22. The van der Waals surface area contributed by atoms with E-state index in [1.165, 1.54) is 6.08 Å². The molecule has 28 heavy (non-hydrogen) atoms. The Bertz CT molecular complexity index is 1060. The number of carbonyl (C=O) groups excluding carboxylic acids is 1. The molecule has 0 bridgehead atoms. The lowest BCUT2D eigenvalue weighted by Crippen LogP contribution is -2.12. The van der Waals surface area contributed by atoms with Gasteiger partial charge in [-0.15, -0.1) is 0 Å². The smallest absolute Gasteiger partial charge is 0.259 e. The Kier molecular flexibility index (Phi) is 5.78. The van der Waals surface area contributed by atoms with Crippen molar-refractivity contribution < 1.29 is 9.53 Å². The Labute approximate surface area is 167 Å². The fraction of sp³-hybridized carbons (Fsp3) is 0.0952. The summed E-state index contributed by atoms with van der Waals surface area (Å²) in [6.07, 6.45) is 3.17. The van der Waals surface area contributed by atoms with Gasteiger partial charge in [0.05, 0.1) is 18.0 Å². The zero-order chi connectivity index (χ0) is 20.1. The zero-order valence-electron chi connectivity index (χ0n) is 15.1. The molecule has 2 N–H and O–H groups in total. The molecule has 7 heteroatoms. The predicted octanol–water partition coefficient (Wildman–Crippen LogP) is 3.98. The van der Waals surface area contributed by atoms with E-state index in [-0.39, 0.29) is 5.57 Å². The molecule has 2 aromatic carbocycles. The van der Waals surface area contributed by atoms with Gasteiger partial charge in [-0.2, -0.15) is 10.4 Å². The summed E-state index contributed by atoms with van der Waals surface area (Å²) in [6, 6.07) is 16.4. The summed E-state index contributed by atoms with van der Waals surface area (Å²) in [4.78, 5) is 11.5. The molecule has 0 unspecified atom stereocenters. The molecule has 1 amide bonds. The predicted molar refractivity (Wildman–Crippen MR) is 108 cm³/mol. The highest BCUT2D eigenvalue weighted by Gasteiger charge is 2.14. The number of nitrogens with zero attached hydrogens (tertiary/aromatic N) is 3. The Morgan fingerprint density at radius 2 is 1.93 bits per heavy atom. The summed E-state index contributed by atoms with van der Waals surface area (Å²) in [5.41, 5.74) is 7.92. The minimum Gasteiger partial charge on any atom is -0.494 e. The fourth-order valence-electron chi connectivity index (χ4n) is 2.63. The minimum absolute atomic E-state index is 0.150. The largest absolute Gasteiger partial charge is 0.494 e. The van der Waals surface area contributed by atoms with Crippen LogP contribution in [0.2, 0.25) is 5.02 Å². The standard InChI is InChI=1S/C21H17ClN4O2/c1-2-28-19-9-3-14(4-10-19)20-16(11-15(12-23)21(24)27)13-26(25-20)18-7-5-17(22)6-8-18/h3-11,13H,2H2,1H3,(H2,24,27)/b15-11-. The van der Waals surface area contributed by atoms with Crippen LogP contribution >= 0.6 is 11.6 Å². The third-order valence-electron chi connectivity index (χ3n) is 3.96. The van der Waals surface area contributed by atoms with Gasteiger partial charge in [0, 0.05) is 22.3 Å². The molecule has 0 fully saturated rings. The molecule has 3 rings (SSSR count). The van der Waals surface area contributed by atoms with Crippen LogP contribution in [0.1, 0.15) is 12.5 Å². The van der Waals surface area contributed by atoms with Gasteiger partial charge in [-0.1, -0.05) is 11.6 Å². The van der Waals surface area contributed by atoms with Crippen molar-refractivity contribution in [2.24, 2.45) is 5.73 Å². The second-order valence-electron chi connectivity index (χ2n) is 5.85. The Morgan fingerprint density at radius 1 is 1.25 bits per heavy atom. The molecule has 0 aliphatic rings. The maximum atomic E-state index is 11.5. The van der Waals surface area contributed by atoms with E-state index in [1.807, 2.05) is 49.4 Å². The van der Waals surface area contributed by atoms with Crippen molar-refractivity contribution in [3.8, 4) is 28.8 Å². The van der Waals surface area contributed by atoms with E-state index in [0.29, 0.717) is 22.9 Å². The highest BCUT2D eigenvalue weighted by molar-refractivity contribution is 6.30. The molecule has 0 aliphatic heterocycles. The number of nitrogens with two attached hydrogens (primary N) is 1. The summed E-state index contributed by atoms with van der Waals surface area (Å²) >= 11 is 5.96. The quantitative estimate of drug-likeness (QED) is 0.507. The normalized spacial score (nSPS) is 11.1. The van der Waals surface area contributed by atoms with Crippen LogP contribution in [0, 0.1) is 11.3 Å². The van der Waals surface area contributed by atoms with Gasteiger partial charge >= 0.3 is 0 Å². The lowest BCUT2D eigenvalue weighted by molar-refractivity contribution is -0.114. The number of carbonyl (C=O) groups is 1. The maximum Gasteiger partial charge on any atom is 0.259 e. The molecule has 6 nitrogen and oxygen atoms in total. The van der Waals surface area contributed by atoms with Gasteiger partial charge in [0.1, 0.15) is 17.4 Å². The van der Waals surface area contributed by atoms with Crippen LogP contribution in [0.15, 0.2) is 60.3 Å². The molecule has 1 heterocycles. The van der Waals surface area contributed by atoms with Crippen molar-refractivity contribution in [1.29, 1.82) is 5.26 Å². The third-order valence-corrected chi connectivity index (χ3v) is 4.21. The van der Waals surface area contributed by atoms with Crippen molar-refractivity contribution in [2.75, 3.05) is 6.61 Å². The molecule has 1 aromatic heterocycles. The number of primary amides is 1. The topological polar surface area (TPSA) is 93.9 Å². The Morgan fingerprint density at radius 3 is 2.50 bits per heavy atom. The Hall–Kier alpha value is -3.56. The number of amides is 1. The van der Waals surface area contributed by atoms with Crippen LogP contribution in [0.3, 0.4) is 0 Å². The number of rotatable bonds is 6. The number of benzene rings is 2. The molecular formula is C21H17ClN4O2. The summed E-state index contributed by atoms with van der Waals surface area (Å²) < 4.78 is 7.13. The summed E-state index contributed by atoms with van der Waals surface area (Å²) in [7, 11) is 0. The minimum atomic E-state index is -0.792. The van der Waals surface area contributed by atoms with Gasteiger partial charge in [0.2, 0.25) is 0 Å². The van der Waals surface area contributed by atoms with Crippen molar-refractivity contribution >= 4 is 23.6 Å². The fourth-order valence-corrected chi connectivity index (χ4v) is 2.76. The first-order chi connectivity index (χ1) is 13.5. The summed E-state index contributed by atoms with van der Waals surface area (Å²) in [6.45, 7) is 2.49. The number of hydrogen-bond acceptors (Lipinski definition) is 4.